The fourth-order valence-electron chi connectivity index (χ4n) is 3.02. The number of nitrogens with zero attached hydrogens (tertiary/aromatic N) is 1. The van der Waals surface area contributed by atoms with Crippen LogP contribution in [-0.2, 0) is 11.2 Å². The smallest absolute Gasteiger partial charge is 0.238 e. The first-order valence-electron chi connectivity index (χ1n) is 7.87. The highest BCUT2D eigenvalue weighted by atomic mass is 16.2. The largest absolute Gasteiger partial charge is 0.328 e. The summed E-state index contributed by atoms with van der Waals surface area (Å²) in [5, 5.41) is 3.09. The summed E-state index contributed by atoms with van der Waals surface area (Å²) in [7, 11) is 0. The molecule has 1 fully saturated rings. The average molecular weight is 289 g/mol. The zero-order valence-corrected chi connectivity index (χ0v) is 13.4. The Bertz CT molecular complexity index is 499. The van der Waals surface area contributed by atoms with E-state index >= 15 is 0 Å². The van der Waals surface area contributed by atoms with E-state index in [9.17, 15) is 4.79 Å². The highest BCUT2D eigenvalue weighted by Crippen LogP contribution is 2.22. The van der Waals surface area contributed by atoms with Crippen molar-refractivity contribution in [2.75, 3.05) is 25.0 Å². The molecule has 1 aliphatic rings. The van der Waals surface area contributed by atoms with Gasteiger partial charge in [-0.15, -0.1) is 0 Å². The number of rotatable bonds is 5. The van der Waals surface area contributed by atoms with E-state index in [0.717, 1.165) is 37.2 Å². The van der Waals surface area contributed by atoms with Gasteiger partial charge in [-0.3, -0.25) is 9.69 Å². The standard InChI is InChI=1S/C17H27N3O/c1-4-14-7-5-6-12(2)17(14)19-16(21)11-20-9-8-15(10-20)13(3)18/h5-7,13,15H,4,8-11,18H2,1-3H3,(H,19,21). The molecule has 0 radical (unpaired) electrons. The van der Waals surface area contributed by atoms with Crippen LogP contribution in [0.3, 0.4) is 0 Å². The summed E-state index contributed by atoms with van der Waals surface area (Å²) in [4.78, 5) is 14.5. The molecule has 2 rings (SSSR count). The Balaban J connectivity index is 1.94. The number of aryl methyl sites for hydroxylation is 2. The van der Waals surface area contributed by atoms with E-state index < -0.39 is 0 Å². The normalized spacial score (nSPS) is 20.5. The summed E-state index contributed by atoms with van der Waals surface area (Å²) in [5.41, 5.74) is 9.24. The van der Waals surface area contributed by atoms with E-state index in [4.69, 9.17) is 5.73 Å². The Morgan fingerprint density at radius 2 is 2.29 bits per heavy atom. The molecule has 1 saturated heterocycles. The Hall–Kier alpha value is -1.39. The van der Waals surface area contributed by atoms with Crippen LogP contribution in [0.25, 0.3) is 0 Å². The molecule has 0 bridgehead atoms. The number of carbonyl (C=O) groups is 1. The second-order valence-corrected chi connectivity index (χ2v) is 6.15. The maximum atomic E-state index is 12.3. The van der Waals surface area contributed by atoms with Crippen molar-refractivity contribution in [2.45, 2.75) is 39.7 Å². The van der Waals surface area contributed by atoms with Crippen LogP contribution >= 0.6 is 0 Å². The molecular formula is C17H27N3O. The Morgan fingerprint density at radius 3 is 2.90 bits per heavy atom. The van der Waals surface area contributed by atoms with Crippen molar-refractivity contribution in [2.24, 2.45) is 11.7 Å². The van der Waals surface area contributed by atoms with Crippen molar-refractivity contribution in [3.05, 3.63) is 29.3 Å². The summed E-state index contributed by atoms with van der Waals surface area (Å²) in [6, 6.07) is 6.36. The lowest BCUT2D eigenvalue weighted by molar-refractivity contribution is -0.117. The molecular weight excluding hydrogens is 262 g/mol. The molecule has 2 atom stereocenters. The topological polar surface area (TPSA) is 58.4 Å². The molecule has 1 amide bonds. The van der Waals surface area contributed by atoms with Crippen LogP contribution in [0.15, 0.2) is 18.2 Å². The molecule has 0 aromatic heterocycles. The Labute approximate surface area is 127 Å². The van der Waals surface area contributed by atoms with Gasteiger partial charge in [-0.25, -0.2) is 0 Å². The number of amides is 1. The molecule has 0 aliphatic carbocycles. The third kappa shape index (κ3) is 4.05. The van der Waals surface area contributed by atoms with Gasteiger partial charge >= 0.3 is 0 Å². The van der Waals surface area contributed by atoms with Crippen LogP contribution in [0.4, 0.5) is 5.69 Å². The predicted octanol–water partition coefficient (Wildman–Crippen LogP) is 2.17. The van der Waals surface area contributed by atoms with Gasteiger partial charge < -0.3 is 11.1 Å². The average Bonchev–Trinajstić information content (AvgIpc) is 2.89. The van der Waals surface area contributed by atoms with E-state index in [1.54, 1.807) is 0 Å². The van der Waals surface area contributed by atoms with Gasteiger partial charge in [0.25, 0.3) is 0 Å². The molecule has 4 nitrogen and oxygen atoms in total. The van der Waals surface area contributed by atoms with Crippen molar-refractivity contribution in [1.29, 1.82) is 0 Å². The molecule has 1 aromatic rings. The highest BCUT2D eigenvalue weighted by Gasteiger charge is 2.26. The van der Waals surface area contributed by atoms with Gasteiger partial charge in [0, 0.05) is 18.3 Å². The number of carbonyl (C=O) groups excluding carboxylic acids is 1. The van der Waals surface area contributed by atoms with Gasteiger partial charge in [0.2, 0.25) is 5.91 Å². The minimum Gasteiger partial charge on any atom is -0.328 e. The minimum absolute atomic E-state index is 0.0734. The van der Waals surface area contributed by atoms with Gasteiger partial charge in [-0.2, -0.15) is 0 Å². The summed E-state index contributed by atoms with van der Waals surface area (Å²) in [6.07, 6.45) is 2.02. The van der Waals surface area contributed by atoms with Gasteiger partial charge in [0.05, 0.1) is 6.54 Å². The first kappa shape index (κ1) is 16.0. The third-order valence-corrected chi connectivity index (χ3v) is 4.42. The third-order valence-electron chi connectivity index (χ3n) is 4.42. The van der Waals surface area contributed by atoms with Crippen LogP contribution < -0.4 is 11.1 Å². The van der Waals surface area contributed by atoms with Gasteiger partial charge in [-0.05, 0) is 50.3 Å². The highest BCUT2D eigenvalue weighted by molar-refractivity contribution is 5.93. The lowest BCUT2D eigenvalue weighted by Gasteiger charge is -2.18. The molecule has 0 spiro atoms. The van der Waals surface area contributed by atoms with Crippen LogP contribution in [0, 0.1) is 12.8 Å². The number of nitrogens with two attached hydrogens (primary N) is 1. The SMILES string of the molecule is CCc1cccc(C)c1NC(=O)CN1CCC(C(C)N)C1. The number of hydrogen-bond acceptors (Lipinski definition) is 3. The van der Waals surface area contributed by atoms with E-state index in [1.165, 1.54) is 5.56 Å². The lowest BCUT2D eigenvalue weighted by atomic mass is 10.0. The summed E-state index contributed by atoms with van der Waals surface area (Å²) in [5.74, 6) is 0.590. The first-order chi connectivity index (χ1) is 10.0. The van der Waals surface area contributed by atoms with Crippen molar-refractivity contribution < 1.29 is 4.79 Å². The maximum Gasteiger partial charge on any atom is 0.238 e. The Morgan fingerprint density at radius 1 is 1.52 bits per heavy atom. The van der Waals surface area contributed by atoms with Crippen LogP contribution in [0.2, 0.25) is 0 Å². The van der Waals surface area contributed by atoms with E-state index in [0.29, 0.717) is 12.5 Å². The lowest BCUT2D eigenvalue weighted by Crippen LogP contribution is -2.34. The fourth-order valence-corrected chi connectivity index (χ4v) is 3.02. The number of anilines is 1. The summed E-state index contributed by atoms with van der Waals surface area (Å²) >= 11 is 0. The van der Waals surface area contributed by atoms with E-state index in [1.807, 2.05) is 19.1 Å². The number of benzene rings is 1. The molecule has 116 valence electrons. The monoisotopic (exact) mass is 289 g/mol. The fraction of sp³-hybridized carbons (Fsp3) is 0.588. The number of para-hydroxylation sites is 1. The van der Waals surface area contributed by atoms with Crippen LogP contribution in [0.5, 0.6) is 0 Å². The van der Waals surface area contributed by atoms with Gasteiger partial charge in [0.1, 0.15) is 0 Å². The summed E-state index contributed by atoms with van der Waals surface area (Å²) in [6.45, 7) is 8.55. The van der Waals surface area contributed by atoms with Crippen molar-refractivity contribution in [3.63, 3.8) is 0 Å². The number of likely N-dealkylation sites (tertiary alicyclic amines) is 1. The summed E-state index contributed by atoms with van der Waals surface area (Å²) < 4.78 is 0. The minimum atomic E-state index is 0.0734. The zero-order chi connectivity index (χ0) is 15.4. The molecule has 2 unspecified atom stereocenters. The molecule has 1 aliphatic heterocycles. The maximum absolute atomic E-state index is 12.3. The van der Waals surface area contributed by atoms with E-state index in [2.05, 4.69) is 30.1 Å². The van der Waals surface area contributed by atoms with Crippen LogP contribution in [0.1, 0.15) is 31.4 Å². The first-order valence-corrected chi connectivity index (χ1v) is 7.87. The van der Waals surface area contributed by atoms with Crippen molar-refractivity contribution >= 4 is 11.6 Å². The molecule has 4 heteroatoms. The second kappa shape index (κ2) is 7.05. The van der Waals surface area contributed by atoms with E-state index in [-0.39, 0.29) is 11.9 Å². The van der Waals surface area contributed by atoms with Crippen LogP contribution in [-0.4, -0.2) is 36.5 Å². The zero-order valence-electron chi connectivity index (χ0n) is 13.4. The molecule has 1 aromatic carbocycles. The van der Waals surface area contributed by atoms with Crippen molar-refractivity contribution in [3.8, 4) is 0 Å². The predicted molar refractivity (Wildman–Crippen MR) is 87.4 cm³/mol. The molecule has 0 saturated carbocycles. The van der Waals surface area contributed by atoms with Crippen molar-refractivity contribution in [1.82, 2.24) is 4.90 Å². The molecule has 3 N–H and O–H groups in total. The molecule has 21 heavy (non-hydrogen) atoms. The quantitative estimate of drug-likeness (QED) is 0.873. The van der Waals surface area contributed by atoms with Gasteiger partial charge in [-0.1, -0.05) is 25.1 Å². The molecule has 1 heterocycles. The second-order valence-electron chi connectivity index (χ2n) is 6.15. The number of nitrogens with one attached hydrogen (secondary N) is 1. The number of hydrogen-bond donors (Lipinski definition) is 2. The Kier molecular flexibility index (Phi) is 5.37. The van der Waals surface area contributed by atoms with Gasteiger partial charge in [0.15, 0.2) is 0 Å².